The second kappa shape index (κ2) is 7.90. The van der Waals surface area contributed by atoms with Crippen molar-refractivity contribution in [1.29, 1.82) is 0 Å². The van der Waals surface area contributed by atoms with Gasteiger partial charge in [0.1, 0.15) is 0 Å². The number of ether oxygens (including phenoxy) is 1. The highest BCUT2D eigenvalue weighted by Crippen LogP contribution is 2.22. The number of benzene rings is 2. The van der Waals surface area contributed by atoms with Gasteiger partial charge in [0.15, 0.2) is 17.4 Å². The molecule has 0 amide bonds. The maximum atomic E-state index is 13.8. The average Bonchev–Trinajstić information content (AvgIpc) is 3.30. The molecule has 150 valence electrons. The summed E-state index contributed by atoms with van der Waals surface area (Å²) in [6, 6.07) is 13.2. The first-order chi connectivity index (χ1) is 14.0. The van der Waals surface area contributed by atoms with E-state index in [2.05, 4.69) is 14.8 Å². The molecule has 0 spiro atoms. The van der Waals surface area contributed by atoms with Crippen LogP contribution in [0.3, 0.4) is 0 Å². The summed E-state index contributed by atoms with van der Waals surface area (Å²) in [5.74, 6) is -0.121. The van der Waals surface area contributed by atoms with Crippen molar-refractivity contribution in [3.05, 3.63) is 65.4 Å². The smallest absolute Gasteiger partial charge is 0.240 e. The molecule has 0 aliphatic heterocycles. The number of thiazole rings is 1. The number of aromatic nitrogens is 3. The lowest BCUT2D eigenvalue weighted by Crippen LogP contribution is -2.26. The zero-order chi connectivity index (χ0) is 20.4. The second-order valence-corrected chi connectivity index (χ2v) is 8.77. The molecule has 0 aliphatic carbocycles. The highest BCUT2D eigenvalue weighted by Gasteiger charge is 2.17. The van der Waals surface area contributed by atoms with Crippen LogP contribution >= 0.6 is 11.3 Å². The number of hydrogen-bond acceptors (Lipinski definition) is 6. The van der Waals surface area contributed by atoms with Gasteiger partial charge in [0.25, 0.3) is 0 Å². The Morgan fingerprint density at radius 1 is 1.21 bits per heavy atom. The number of nitrogens with zero attached hydrogens (tertiary/aromatic N) is 3. The van der Waals surface area contributed by atoms with Crippen LogP contribution < -0.4 is 9.46 Å². The van der Waals surface area contributed by atoms with Crippen molar-refractivity contribution in [2.24, 2.45) is 0 Å². The molecule has 0 unspecified atom stereocenters. The van der Waals surface area contributed by atoms with Crippen molar-refractivity contribution in [3.8, 4) is 17.1 Å². The van der Waals surface area contributed by atoms with Crippen LogP contribution in [0.1, 0.15) is 5.69 Å². The Hall–Kier alpha value is -2.82. The lowest BCUT2D eigenvalue weighted by Gasteiger charge is -2.08. The minimum atomic E-state index is -3.84. The van der Waals surface area contributed by atoms with Crippen molar-refractivity contribution in [1.82, 2.24) is 19.3 Å². The fraction of sp³-hybridized carbons (Fsp3) is 0.158. The van der Waals surface area contributed by atoms with Gasteiger partial charge in [-0.3, -0.25) is 0 Å². The Morgan fingerprint density at radius 3 is 2.72 bits per heavy atom. The molecule has 0 saturated heterocycles. The van der Waals surface area contributed by atoms with Gasteiger partial charge in [-0.2, -0.15) is 4.98 Å². The van der Waals surface area contributed by atoms with Crippen LogP contribution in [-0.4, -0.2) is 36.7 Å². The minimum Gasteiger partial charge on any atom is -0.494 e. The third-order valence-electron chi connectivity index (χ3n) is 4.29. The number of rotatable bonds is 7. The zero-order valence-electron chi connectivity index (χ0n) is 15.4. The maximum Gasteiger partial charge on any atom is 0.240 e. The van der Waals surface area contributed by atoms with Gasteiger partial charge in [-0.05, 0) is 18.2 Å². The Labute approximate surface area is 170 Å². The topological polar surface area (TPSA) is 85.6 Å². The van der Waals surface area contributed by atoms with Gasteiger partial charge in [-0.1, -0.05) is 30.3 Å². The monoisotopic (exact) mass is 432 g/mol. The molecular weight excluding hydrogens is 415 g/mol. The van der Waals surface area contributed by atoms with Crippen LogP contribution in [0.4, 0.5) is 4.39 Å². The predicted molar refractivity (Wildman–Crippen MR) is 108 cm³/mol. The molecule has 2 aromatic carbocycles. The number of hydrogen-bond donors (Lipinski definition) is 1. The maximum absolute atomic E-state index is 13.8. The van der Waals surface area contributed by atoms with E-state index in [1.807, 2.05) is 35.7 Å². The Bertz CT molecular complexity index is 1250. The van der Waals surface area contributed by atoms with E-state index < -0.39 is 15.8 Å². The van der Waals surface area contributed by atoms with Gasteiger partial charge in [-0.15, -0.1) is 16.4 Å². The molecule has 0 saturated carbocycles. The summed E-state index contributed by atoms with van der Waals surface area (Å²) in [5, 5.41) is 6.42. The van der Waals surface area contributed by atoms with Gasteiger partial charge < -0.3 is 4.74 Å². The quantitative estimate of drug-likeness (QED) is 0.485. The molecule has 0 bridgehead atoms. The Morgan fingerprint density at radius 2 is 2.00 bits per heavy atom. The summed E-state index contributed by atoms with van der Waals surface area (Å²) in [4.78, 5) is 5.09. The molecule has 2 aromatic heterocycles. The summed E-state index contributed by atoms with van der Waals surface area (Å²) in [5.41, 5.74) is 1.75. The van der Waals surface area contributed by atoms with E-state index in [1.54, 1.807) is 4.52 Å². The number of sulfonamides is 1. The summed E-state index contributed by atoms with van der Waals surface area (Å²) in [6.45, 7) is 0.141. The standard InChI is InChI=1S/C19H17FN4O3S2/c1-27-17-8-7-15(11-16(17)20)29(25,26)21-10-9-14-12-28-19-22-18(23-24(14)19)13-5-3-2-4-6-13/h2-8,11-12,21H,9-10H2,1H3. The Kier molecular flexibility index (Phi) is 5.31. The fourth-order valence-corrected chi connectivity index (χ4v) is 4.72. The van der Waals surface area contributed by atoms with Gasteiger partial charge in [0.05, 0.1) is 17.7 Å². The molecule has 0 fully saturated rings. The van der Waals surface area contributed by atoms with Crippen LogP contribution in [-0.2, 0) is 16.4 Å². The van der Waals surface area contributed by atoms with Crippen LogP contribution in [0.5, 0.6) is 5.75 Å². The SMILES string of the molecule is COc1ccc(S(=O)(=O)NCCc2csc3nc(-c4ccccc4)nn23)cc1F. The summed E-state index contributed by atoms with van der Waals surface area (Å²) < 4.78 is 47.7. The van der Waals surface area contributed by atoms with E-state index in [0.717, 1.165) is 22.3 Å². The summed E-state index contributed by atoms with van der Waals surface area (Å²) >= 11 is 1.44. The first-order valence-electron chi connectivity index (χ1n) is 8.70. The minimum absolute atomic E-state index is 0.00924. The fourth-order valence-electron chi connectivity index (χ4n) is 2.82. The van der Waals surface area contributed by atoms with E-state index in [9.17, 15) is 12.8 Å². The van der Waals surface area contributed by atoms with Crippen LogP contribution in [0.2, 0.25) is 0 Å². The molecule has 7 nitrogen and oxygen atoms in total. The van der Waals surface area contributed by atoms with E-state index in [4.69, 9.17) is 4.74 Å². The number of methoxy groups -OCH3 is 1. The van der Waals surface area contributed by atoms with Gasteiger partial charge >= 0.3 is 0 Å². The number of halogens is 1. The molecule has 4 aromatic rings. The number of nitrogens with one attached hydrogen (secondary N) is 1. The normalized spacial score (nSPS) is 11.8. The second-order valence-electron chi connectivity index (χ2n) is 6.17. The van der Waals surface area contributed by atoms with Crippen molar-refractivity contribution in [2.45, 2.75) is 11.3 Å². The van der Waals surface area contributed by atoms with Crippen molar-refractivity contribution >= 4 is 26.3 Å². The predicted octanol–water partition coefficient (Wildman–Crippen LogP) is 3.13. The highest BCUT2D eigenvalue weighted by molar-refractivity contribution is 7.89. The first-order valence-corrected chi connectivity index (χ1v) is 11.1. The van der Waals surface area contributed by atoms with Crippen molar-refractivity contribution < 1.29 is 17.5 Å². The van der Waals surface area contributed by atoms with Crippen LogP contribution in [0, 0.1) is 5.82 Å². The van der Waals surface area contributed by atoms with E-state index in [0.29, 0.717) is 12.2 Å². The Balaban J connectivity index is 1.47. The first kappa shape index (κ1) is 19.5. The average molecular weight is 433 g/mol. The molecule has 0 aliphatic rings. The van der Waals surface area contributed by atoms with E-state index in [-0.39, 0.29) is 17.2 Å². The summed E-state index contributed by atoms with van der Waals surface area (Å²) in [7, 11) is -2.52. The molecule has 10 heteroatoms. The molecule has 2 heterocycles. The lowest BCUT2D eigenvalue weighted by atomic mass is 10.2. The highest BCUT2D eigenvalue weighted by atomic mass is 32.2. The molecule has 29 heavy (non-hydrogen) atoms. The number of fused-ring (bicyclic) bond motifs is 1. The van der Waals surface area contributed by atoms with Gasteiger partial charge in [-0.25, -0.2) is 22.0 Å². The third kappa shape index (κ3) is 4.00. The molecule has 4 rings (SSSR count). The van der Waals surface area contributed by atoms with Gasteiger partial charge in [0.2, 0.25) is 15.0 Å². The van der Waals surface area contributed by atoms with Crippen LogP contribution in [0.15, 0.2) is 58.8 Å². The molecule has 0 atom stereocenters. The van der Waals surface area contributed by atoms with E-state index >= 15 is 0 Å². The van der Waals surface area contributed by atoms with Crippen molar-refractivity contribution in [3.63, 3.8) is 0 Å². The third-order valence-corrected chi connectivity index (χ3v) is 6.61. The molecule has 1 N–H and O–H groups in total. The van der Waals surface area contributed by atoms with E-state index in [1.165, 1.54) is 30.6 Å². The lowest BCUT2D eigenvalue weighted by molar-refractivity contribution is 0.385. The van der Waals surface area contributed by atoms with Crippen LogP contribution in [0.25, 0.3) is 16.3 Å². The molecular formula is C19H17FN4O3S2. The zero-order valence-corrected chi connectivity index (χ0v) is 17.0. The largest absolute Gasteiger partial charge is 0.494 e. The van der Waals surface area contributed by atoms with Gasteiger partial charge in [0, 0.05) is 23.9 Å². The summed E-state index contributed by atoms with van der Waals surface area (Å²) in [6.07, 6.45) is 0.412. The molecule has 0 radical (unpaired) electrons. The van der Waals surface area contributed by atoms with Crippen molar-refractivity contribution in [2.75, 3.05) is 13.7 Å².